The van der Waals surface area contributed by atoms with Crippen LogP contribution in [0.4, 0.5) is 0 Å². The summed E-state index contributed by atoms with van der Waals surface area (Å²) in [5.74, 6) is 0.927. The molecule has 0 radical (unpaired) electrons. The van der Waals surface area contributed by atoms with E-state index in [9.17, 15) is 0 Å². The molecule has 0 amide bonds. The zero-order valence-corrected chi connectivity index (χ0v) is 13.9. The van der Waals surface area contributed by atoms with Gasteiger partial charge in [-0.25, -0.2) is 0 Å². The van der Waals surface area contributed by atoms with Crippen molar-refractivity contribution in [2.24, 2.45) is 0 Å². The van der Waals surface area contributed by atoms with Crippen LogP contribution in [-0.2, 0) is 6.54 Å². The number of nitrogens with one attached hydrogen (secondary N) is 1. The van der Waals surface area contributed by atoms with Crippen LogP contribution < -0.4 is 10.1 Å². The van der Waals surface area contributed by atoms with E-state index in [1.54, 1.807) is 0 Å². The molecular formula is C17H29N3O. The lowest BCUT2D eigenvalue weighted by atomic mass is 10.1. The summed E-state index contributed by atoms with van der Waals surface area (Å²) < 4.78 is 5.89. The Morgan fingerprint density at radius 3 is 2.90 bits per heavy atom. The van der Waals surface area contributed by atoms with Crippen LogP contribution in [-0.4, -0.2) is 41.7 Å². The van der Waals surface area contributed by atoms with E-state index < -0.39 is 0 Å². The van der Waals surface area contributed by atoms with E-state index >= 15 is 0 Å². The van der Waals surface area contributed by atoms with Crippen molar-refractivity contribution < 1.29 is 4.74 Å². The van der Waals surface area contributed by atoms with Gasteiger partial charge in [0.1, 0.15) is 5.75 Å². The molecule has 0 aliphatic carbocycles. The third kappa shape index (κ3) is 5.64. The van der Waals surface area contributed by atoms with E-state index in [-0.39, 0.29) is 5.54 Å². The maximum atomic E-state index is 5.89. The van der Waals surface area contributed by atoms with E-state index in [1.165, 1.54) is 19.4 Å². The first kappa shape index (κ1) is 16.2. The van der Waals surface area contributed by atoms with Crippen LogP contribution in [0.15, 0.2) is 18.3 Å². The van der Waals surface area contributed by atoms with Gasteiger partial charge in [0.05, 0.1) is 12.3 Å². The Kier molecular flexibility index (Phi) is 5.59. The molecule has 21 heavy (non-hydrogen) atoms. The number of likely N-dealkylation sites (tertiary alicyclic amines) is 1. The van der Waals surface area contributed by atoms with E-state index in [0.29, 0.717) is 6.04 Å². The zero-order valence-electron chi connectivity index (χ0n) is 13.9. The molecule has 1 aromatic rings. The second kappa shape index (κ2) is 7.23. The van der Waals surface area contributed by atoms with Crippen molar-refractivity contribution in [3.05, 3.63) is 24.0 Å². The highest BCUT2D eigenvalue weighted by Crippen LogP contribution is 2.19. The van der Waals surface area contributed by atoms with Gasteiger partial charge in [0, 0.05) is 30.4 Å². The predicted molar refractivity (Wildman–Crippen MR) is 86.6 cm³/mol. The highest BCUT2D eigenvalue weighted by atomic mass is 16.5. The molecule has 1 fully saturated rings. The van der Waals surface area contributed by atoms with Crippen LogP contribution in [0.5, 0.6) is 5.75 Å². The van der Waals surface area contributed by atoms with Crippen molar-refractivity contribution in [1.82, 2.24) is 15.2 Å². The van der Waals surface area contributed by atoms with E-state index in [1.807, 2.05) is 18.3 Å². The van der Waals surface area contributed by atoms with Crippen LogP contribution in [0.2, 0.25) is 0 Å². The number of pyridine rings is 1. The molecule has 4 heteroatoms. The van der Waals surface area contributed by atoms with Crippen molar-refractivity contribution in [3.63, 3.8) is 0 Å². The molecule has 1 unspecified atom stereocenters. The quantitative estimate of drug-likeness (QED) is 0.874. The number of ether oxygens (including phenoxy) is 1. The standard InChI is InChI=1S/C17H29N3O/c1-17(2,3)19-13-14-12-16(7-9-18-14)21-11-8-15-6-5-10-20(15)4/h7,9,12,15,19H,5-6,8,10-11,13H2,1-4H3. The summed E-state index contributed by atoms with van der Waals surface area (Å²) >= 11 is 0. The molecule has 0 bridgehead atoms. The minimum absolute atomic E-state index is 0.103. The number of rotatable bonds is 6. The van der Waals surface area contributed by atoms with Gasteiger partial charge in [-0.15, -0.1) is 0 Å². The summed E-state index contributed by atoms with van der Waals surface area (Å²) in [7, 11) is 2.21. The molecule has 118 valence electrons. The average molecular weight is 291 g/mol. The fraction of sp³-hybridized carbons (Fsp3) is 0.706. The monoisotopic (exact) mass is 291 g/mol. The highest BCUT2D eigenvalue weighted by Gasteiger charge is 2.20. The molecule has 1 aliphatic rings. The van der Waals surface area contributed by atoms with Crippen LogP contribution in [0.3, 0.4) is 0 Å². The smallest absolute Gasteiger partial charge is 0.122 e. The van der Waals surface area contributed by atoms with Gasteiger partial charge >= 0.3 is 0 Å². The lowest BCUT2D eigenvalue weighted by Gasteiger charge is -2.20. The normalized spacial score (nSPS) is 19.9. The van der Waals surface area contributed by atoms with Crippen LogP contribution in [0.25, 0.3) is 0 Å². The van der Waals surface area contributed by atoms with Crippen molar-refractivity contribution in [1.29, 1.82) is 0 Å². The summed E-state index contributed by atoms with van der Waals surface area (Å²) in [5, 5.41) is 3.45. The predicted octanol–water partition coefficient (Wildman–Crippen LogP) is 2.83. The summed E-state index contributed by atoms with van der Waals surface area (Å²) in [6.45, 7) is 9.25. The topological polar surface area (TPSA) is 37.4 Å². The third-order valence-electron chi connectivity index (χ3n) is 3.98. The van der Waals surface area contributed by atoms with Crippen molar-refractivity contribution in [3.8, 4) is 5.75 Å². The fourth-order valence-electron chi connectivity index (χ4n) is 2.66. The second-order valence-corrected chi connectivity index (χ2v) is 7.00. The molecule has 0 aromatic carbocycles. The fourth-order valence-corrected chi connectivity index (χ4v) is 2.66. The van der Waals surface area contributed by atoms with Gasteiger partial charge in [0.2, 0.25) is 0 Å². The number of hydrogen-bond acceptors (Lipinski definition) is 4. The van der Waals surface area contributed by atoms with Crippen LogP contribution in [0.1, 0.15) is 45.7 Å². The van der Waals surface area contributed by atoms with E-state index in [4.69, 9.17) is 4.74 Å². The molecule has 0 saturated carbocycles. The highest BCUT2D eigenvalue weighted by molar-refractivity contribution is 5.22. The van der Waals surface area contributed by atoms with Gasteiger partial charge in [-0.05, 0) is 59.7 Å². The SMILES string of the molecule is CN1CCCC1CCOc1ccnc(CNC(C)(C)C)c1. The van der Waals surface area contributed by atoms with Gasteiger partial charge in [0.25, 0.3) is 0 Å². The Bertz CT molecular complexity index is 442. The Morgan fingerprint density at radius 2 is 2.24 bits per heavy atom. The van der Waals surface area contributed by atoms with Crippen molar-refractivity contribution >= 4 is 0 Å². The summed E-state index contributed by atoms with van der Waals surface area (Å²) in [4.78, 5) is 6.83. The molecule has 2 heterocycles. The molecule has 1 saturated heterocycles. The first-order valence-corrected chi connectivity index (χ1v) is 7.97. The van der Waals surface area contributed by atoms with E-state index in [0.717, 1.165) is 31.0 Å². The Hall–Kier alpha value is -1.13. The van der Waals surface area contributed by atoms with Gasteiger partial charge in [-0.2, -0.15) is 0 Å². The maximum absolute atomic E-state index is 5.89. The van der Waals surface area contributed by atoms with Gasteiger partial charge in [-0.3, -0.25) is 4.98 Å². The molecular weight excluding hydrogens is 262 g/mol. The maximum Gasteiger partial charge on any atom is 0.122 e. The lowest BCUT2D eigenvalue weighted by molar-refractivity contribution is 0.233. The van der Waals surface area contributed by atoms with Gasteiger partial charge < -0.3 is 15.0 Å². The van der Waals surface area contributed by atoms with E-state index in [2.05, 4.69) is 43.0 Å². The number of hydrogen-bond donors (Lipinski definition) is 1. The largest absolute Gasteiger partial charge is 0.493 e. The zero-order chi connectivity index (χ0) is 15.3. The summed E-state index contributed by atoms with van der Waals surface area (Å²) in [6.07, 6.45) is 5.56. The minimum Gasteiger partial charge on any atom is -0.493 e. The molecule has 1 aromatic heterocycles. The Labute approximate surface area is 128 Å². The van der Waals surface area contributed by atoms with Crippen molar-refractivity contribution in [2.75, 3.05) is 20.2 Å². The molecule has 1 atom stereocenters. The third-order valence-corrected chi connectivity index (χ3v) is 3.98. The first-order chi connectivity index (χ1) is 9.94. The summed E-state index contributed by atoms with van der Waals surface area (Å²) in [5.41, 5.74) is 1.13. The van der Waals surface area contributed by atoms with Crippen molar-refractivity contribution in [2.45, 2.75) is 58.2 Å². The first-order valence-electron chi connectivity index (χ1n) is 7.97. The van der Waals surface area contributed by atoms with Crippen LogP contribution >= 0.6 is 0 Å². The van der Waals surface area contributed by atoms with Crippen LogP contribution in [0, 0.1) is 0 Å². The summed E-state index contributed by atoms with van der Waals surface area (Å²) in [6, 6.07) is 4.67. The molecule has 1 aliphatic heterocycles. The Morgan fingerprint density at radius 1 is 1.43 bits per heavy atom. The lowest BCUT2D eigenvalue weighted by Crippen LogP contribution is -2.35. The average Bonchev–Trinajstić information content (AvgIpc) is 2.82. The number of nitrogens with zero attached hydrogens (tertiary/aromatic N) is 2. The Balaban J connectivity index is 1.78. The molecule has 2 rings (SSSR count). The molecule has 4 nitrogen and oxygen atoms in total. The molecule has 1 N–H and O–H groups in total. The second-order valence-electron chi connectivity index (χ2n) is 7.00. The molecule has 0 spiro atoms. The number of aromatic nitrogens is 1. The van der Waals surface area contributed by atoms with Gasteiger partial charge in [-0.1, -0.05) is 0 Å². The minimum atomic E-state index is 0.103. The van der Waals surface area contributed by atoms with Gasteiger partial charge in [0.15, 0.2) is 0 Å².